The summed E-state index contributed by atoms with van der Waals surface area (Å²) in [4.78, 5) is 11.4. The Bertz CT molecular complexity index is 321. The van der Waals surface area contributed by atoms with Gasteiger partial charge in [0.05, 0.1) is 0 Å². The molecular weight excluding hydrogens is 176 g/mol. The van der Waals surface area contributed by atoms with E-state index in [9.17, 15) is 4.79 Å². The number of hydrogen-bond donors (Lipinski definition) is 2. The van der Waals surface area contributed by atoms with E-state index in [1.54, 1.807) is 12.1 Å². The second-order valence-corrected chi connectivity index (χ2v) is 3.77. The molecule has 0 heterocycles. The highest BCUT2D eigenvalue weighted by Gasteiger charge is 2.04. The predicted molar refractivity (Wildman–Crippen MR) is 58.9 cm³/mol. The average molecular weight is 192 g/mol. The van der Waals surface area contributed by atoms with Crippen molar-refractivity contribution >= 4 is 17.3 Å². The van der Waals surface area contributed by atoms with Gasteiger partial charge in [-0.3, -0.25) is 4.79 Å². The highest BCUT2D eigenvalue weighted by atomic mass is 16.1. The van der Waals surface area contributed by atoms with Gasteiger partial charge >= 0.3 is 0 Å². The number of benzene rings is 1. The van der Waals surface area contributed by atoms with Crippen molar-refractivity contribution in [1.82, 2.24) is 0 Å². The van der Waals surface area contributed by atoms with Gasteiger partial charge in [0.15, 0.2) is 0 Å². The van der Waals surface area contributed by atoms with Crippen LogP contribution in [0.15, 0.2) is 24.3 Å². The van der Waals surface area contributed by atoms with E-state index < -0.39 is 0 Å². The summed E-state index contributed by atoms with van der Waals surface area (Å²) in [6.45, 7) is 4.03. The summed E-state index contributed by atoms with van der Waals surface area (Å²) in [5.41, 5.74) is 7.00. The van der Waals surface area contributed by atoms with Gasteiger partial charge in [0.2, 0.25) is 5.91 Å². The minimum absolute atomic E-state index is 0.0330. The summed E-state index contributed by atoms with van der Waals surface area (Å²) in [6.07, 6.45) is 0.537. The number of rotatable bonds is 3. The van der Waals surface area contributed by atoms with Crippen LogP contribution >= 0.6 is 0 Å². The maximum atomic E-state index is 11.4. The van der Waals surface area contributed by atoms with E-state index in [-0.39, 0.29) is 5.91 Å². The summed E-state index contributed by atoms with van der Waals surface area (Å²) < 4.78 is 0. The molecular formula is C11H16N2O. The largest absolute Gasteiger partial charge is 0.399 e. The van der Waals surface area contributed by atoms with Gasteiger partial charge in [-0.25, -0.2) is 0 Å². The fourth-order valence-corrected chi connectivity index (χ4v) is 1.20. The third kappa shape index (κ3) is 3.47. The predicted octanol–water partition coefficient (Wildman–Crippen LogP) is 2.25. The van der Waals surface area contributed by atoms with Crippen molar-refractivity contribution in [3.05, 3.63) is 24.3 Å². The molecule has 0 aliphatic rings. The van der Waals surface area contributed by atoms with Gasteiger partial charge in [-0.2, -0.15) is 0 Å². The number of carbonyl (C=O) groups excluding carboxylic acids is 1. The molecule has 0 spiro atoms. The number of nitrogen functional groups attached to an aromatic ring is 1. The van der Waals surface area contributed by atoms with Crippen LogP contribution in [0, 0.1) is 5.92 Å². The van der Waals surface area contributed by atoms with Gasteiger partial charge in [0, 0.05) is 17.8 Å². The first-order chi connectivity index (χ1) is 6.58. The van der Waals surface area contributed by atoms with Crippen molar-refractivity contribution in [1.29, 1.82) is 0 Å². The van der Waals surface area contributed by atoms with Crippen molar-refractivity contribution in [3.8, 4) is 0 Å². The lowest BCUT2D eigenvalue weighted by atomic mass is 10.1. The molecule has 0 aliphatic heterocycles. The molecule has 1 aromatic rings. The zero-order valence-corrected chi connectivity index (χ0v) is 8.58. The summed E-state index contributed by atoms with van der Waals surface area (Å²) in [7, 11) is 0. The van der Waals surface area contributed by atoms with Crippen LogP contribution in [0.4, 0.5) is 11.4 Å². The second kappa shape index (κ2) is 4.65. The third-order valence-corrected chi connectivity index (χ3v) is 1.76. The first-order valence-corrected chi connectivity index (χ1v) is 4.73. The van der Waals surface area contributed by atoms with E-state index in [1.807, 2.05) is 26.0 Å². The lowest BCUT2D eigenvalue weighted by molar-refractivity contribution is -0.116. The standard InChI is InChI=1S/C11H16N2O/c1-8(2)6-11(14)13-10-5-3-4-9(12)7-10/h3-5,7-8H,6,12H2,1-2H3,(H,13,14). The van der Waals surface area contributed by atoms with Crippen LogP contribution in [0.1, 0.15) is 20.3 Å². The van der Waals surface area contributed by atoms with Gasteiger partial charge in [-0.05, 0) is 24.1 Å². The molecule has 3 nitrogen and oxygen atoms in total. The highest BCUT2D eigenvalue weighted by Crippen LogP contribution is 2.12. The zero-order valence-electron chi connectivity index (χ0n) is 8.58. The first kappa shape index (κ1) is 10.6. The molecule has 0 atom stereocenters. The van der Waals surface area contributed by atoms with Crippen LogP contribution in [0.2, 0.25) is 0 Å². The summed E-state index contributed by atoms with van der Waals surface area (Å²) in [5, 5.41) is 2.80. The van der Waals surface area contributed by atoms with Crippen LogP contribution in [0.5, 0.6) is 0 Å². The Hall–Kier alpha value is -1.51. The molecule has 1 rings (SSSR count). The molecule has 1 amide bonds. The Kier molecular flexibility index (Phi) is 3.51. The Labute approximate surface area is 84.3 Å². The minimum atomic E-state index is 0.0330. The molecule has 0 radical (unpaired) electrons. The van der Waals surface area contributed by atoms with Crippen LogP contribution in [-0.4, -0.2) is 5.91 Å². The Balaban J connectivity index is 2.56. The summed E-state index contributed by atoms with van der Waals surface area (Å²) in [6, 6.07) is 7.19. The fraction of sp³-hybridized carbons (Fsp3) is 0.364. The van der Waals surface area contributed by atoms with Crippen LogP contribution in [0.25, 0.3) is 0 Å². The van der Waals surface area contributed by atoms with Crippen molar-refractivity contribution in [3.63, 3.8) is 0 Å². The van der Waals surface area contributed by atoms with Gasteiger partial charge in [0.25, 0.3) is 0 Å². The summed E-state index contributed by atoms with van der Waals surface area (Å²) in [5.74, 6) is 0.404. The fourth-order valence-electron chi connectivity index (χ4n) is 1.20. The number of carbonyl (C=O) groups is 1. The lowest BCUT2D eigenvalue weighted by Gasteiger charge is -2.07. The maximum absolute atomic E-state index is 11.4. The molecule has 1 aromatic carbocycles. The molecule has 14 heavy (non-hydrogen) atoms. The molecule has 0 saturated heterocycles. The molecule has 0 bridgehead atoms. The Morgan fingerprint density at radius 1 is 1.50 bits per heavy atom. The highest BCUT2D eigenvalue weighted by molar-refractivity contribution is 5.91. The molecule has 0 aromatic heterocycles. The van der Waals surface area contributed by atoms with Crippen LogP contribution in [-0.2, 0) is 4.79 Å². The van der Waals surface area contributed by atoms with Crippen LogP contribution < -0.4 is 11.1 Å². The van der Waals surface area contributed by atoms with E-state index in [0.29, 0.717) is 18.0 Å². The molecule has 3 heteroatoms. The number of amides is 1. The van der Waals surface area contributed by atoms with Crippen molar-refractivity contribution in [2.45, 2.75) is 20.3 Å². The van der Waals surface area contributed by atoms with Gasteiger partial charge in [-0.1, -0.05) is 19.9 Å². The van der Waals surface area contributed by atoms with Crippen molar-refractivity contribution in [2.75, 3.05) is 11.1 Å². The topological polar surface area (TPSA) is 55.1 Å². The molecule has 3 N–H and O–H groups in total. The van der Waals surface area contributed by atoms with Gasteiger partial charge in [-0.15, -0.1) is 0 Å². The average Bonchev–Trinajstić information content (AvgIpc) is 2.01. The second-order valence-electron chi connectivity index (χ2n) is 3.77. The van der Waals surface area contributed by atoms with E-state index in [1.165, 1.54) is 0 Å². The molecule has 0 fully saturated rings. The molecule has 0 aliphatic carbocycles. The number of nitrogens with two attached hydrogens (primary N) is 1. The zero-order chi connectivity index (χ0) is 10.6. The summed E-state index contributed by atoms with van der Waals surface area (Å²) >= 11 is 0. The monoisotopic (exact) mass is 192 g/mol. The third-order valence-electron chi connectivity index (χ3n) is 1.76. The van der Waals surface area contributed by atoms with E-state index in [4.69, 9.17) is 5.73 Å². The smallest absolute Gasteiger partial charge is 0.224 e. The van der Waals surface area contributed by atoms with E-state index >= 15 is 0 Å². The van der Waals surface area contributed by atoms with Crippen LogP contribution in [0.3, 0.4) is 0 Å². The quantitative estimate of drug-likeness (QED) is 0.722. The van der Waals surface area contributed by atoms with Crippen molar-refractivity contribution < 1.29 is 4.79 Å². The molecule has 0 unspecified atom stereocenters. The Morgan fingerprint density at radius 3 is 2.79 bits per heavy atom. The first-order valence-electron chi connectivity index (χ1n) is 4.73. The number of hydrogen-bond acceptors (Lipinski definition) is 2. The molecule has 0 saturated carbocycles. The molecule has 76 valence electrons. The van der Waals surface area contributed by atoms with E-state index in [2.05, 4.69) is 5.32 Å². The van der Waals surface area contributed by atoms with Gasteiger partial charge < -0.3 is 11.1 Å². The van der Waals surface area contributed by atoms with E-state index in [0.717, 1.165) is 5.69 Å². The van der Waals surface area contributed by atoms with Crippen molar-refractivity contribution in [2.24, 2.45) is 5.92 Å². The SMILES string of the molecule is CC(C)CC(=O)Nc1cccc(N)c1. The minimum Gasteiger partial charge on any atom is -0.399 e. The Morgan fingerprint density at radius 2 is 2.21 bits per heavy atom. The normalized spacial score (nSPS) is 10.2. The number of anilines is 2. The maximum Gasteiger partial charge on any atom is 0.224 e. The lowest BCUT2D eigenvalue weighted by Crippen LogP contribution is -2.13. The van der Waals surface area contributed by atoms with Gasteiger partial charge in [0.1, 0.15) is 0 Å². The number of nitrogens with one attached hydrogen (secondary N) is 1.